The number of rotatable bonds is 8. The van der Waals surface area contributed by atoms with Gasteiger partial charge in [0.05, 0.1) is 0 Å². The zero-order valence-corrected chi connectivity index (χ0v) is 23.4. The molecule has 206 valence electrons. The summed E-state index contributed by atoms with van der Waals surface area (Å²) in [6, 6.07) is 36.8. The first kappa shape index (κ1) is 27.5. The lowest BCUT2D eigenvalue weighted by Crippen LogP contribution is -2.20. The minimum atomic E-state index is -0.404. The Balaban J connectivity index is 1.17. The molecule has 6 nitrogen and oxygen atoms in total. The zero-order valence-electron chi connectivity index (χ0n) is 23.4. The lowest BCUT2D eigenvalue weighted by Gasteiger charge is -2.22. The van der Waals surface area contributed by atoms with Crippen LogP contribution in [0.2, 0.25) is 0 Å². The molecule has 1 aromatic heterocycles. The molecule has 2 N–H and O–H groups in total. The molecular formula is C35H33N3O3. The van der Waals surface area contributed by atoms with E-state index in [1.165, 1.54) is 11.1 Å². The van der Waals surface area contributed by atoms with E-state index < -0.39 is 6.03 Å². The van der Waals surface area contributed by atoms with Gasteiger partial charge < -0.3 is 20.1 Å². The number of ether oxygens (including phenoxy) is 2. The Bertz CT molecular complexity index is 1590. The van der Waals surface area contributed by atoms with Crippen LogP contribution < -0.4 is 20.1 Å². The van der Waals surface area contributed by atoms with Crippen LogP contribution in [0.4, 0.5) is 16.2 Å². The fourth-order valence-corrected chi connectivity index (χ4v) is 4.36. The molecule has 0 aliphatic rings. The van der Waals surface area contributed by atoms with Crippen molar-refractivity contribution in [2.45, 2.75) is 32.8 Å². The van der Waals surface area contributed by atoms with Crippen molar-refractivity contribution in [1.82, 2.24) is 4.98 Å². The quantitative estimate of drug-likeness (QED) is 0.205. The molecule has 41 heavy (non-hydrogen) atoms. The van der Waals surface area contributed by atoms with Crippen LogP contribution in [0.1, 0.15) is 31.9 Å². The Kier molecular flexibility index (Phi) is 8.30. The van der Waals surface area contributed by atoms with Gasteiger partial charge in [0, 0.05) is 17.4 Å². The van der Waals surface area contributed by atoms with E-state index in [9.17, 15) is 4.79 Å². The van der Waals surface area contributed by atoms with Crippen molar-refractivity contribution in [2.75, 3.05) is 10.6 Å². The smallest absolute Gasteiger partial charge is 0.323 e. The average Bonchev–Trinajstić information content (AvgIpc) is 2.98. The van der Waals surface area contributed by atoms with Gasteiger partial charge in [0.15, 0.2) is 0 Å². The Morgan fingerprint density at radius 2 is 1.41 bits per heavy atom. The highest BCUT2D eigenvalue weighted by molar-refractivity contribution is 6.00. The molecule has 2 amide bonds. The van der Waals surface area contributed by atoms with Crippen LogP contribution in [-0.4, -0.2) is 11.0 Å². The lowest BCUT2D eigenvalue weighted by molar-refractivity contribution is 0.262. The van der Waals surface area contributed by atoms with Crippen LogP contribution in [-0.2, 0) is 12.0 Å². The molecule has 1 heterocycles. The van der Waals surface area contributed by atoms with Gasteiger partial charge in [-0.15, -0.1) is 0 Å². The number of carbonyl (C=O) groups is 1. The molecule has 6 heteroatoms. The van der Waals surface area contributed by atoms with Crippen LogP contribution in [0, 0.1) is 0 Å². The van der Waals surface area contributed by atoms with Gasteiger partial charge >= 0.3 is 6.03 Å². The second kappa shape index (κ2) is 12.4. The first-order valence-corrected chi connectivity index (χ1v) is 13.5. The van der Waals surface area contributed by atoms with E-state index in [0.29, 0.717) is 35.4 Å². The molecule has 0 spiro atoms. The van der Waals surface area contributed by atoms with Crippen molar-refractivity contribution < 1.29 is 14.3 Å². The molecule has 0 saturated carbocycles. The summed E-state index contributed by atoms with van der Waals surface area (Å²) in [4.78, 5) is 17.2. The SMILES string of the molecule is CC(C)(C)c1ccccc1Oc1ncccc1NC(=O)Nc1ccc(OCc2ccc(-c3ccccc3)cc2)cc1. The van der Waals surface area contributed by atoms with Crippen molar-refractivity contribution in [3.8, 4) is 28.5 Å². The van der Waals surface area contributed by atoms with Gasteiger partial charge in [-0.3, -0.25) is 0 Å². The summed E-state index contributed by atoms with van der Waals surface area (Å²) in [7, 11) is 0. The maximum absolute atomic E-state index is 12.8. The van der Waals surface area contributed by atoms with Crippen LogP contribution in [0.15, 0.2) is 121 Å². The number of para-hydroxylation sites is 1. The third kappa shape index (κ3) is 7.31. The average molecular weight is 544 g/mol. The van der Waals surface area contributed by atoms with E-state index in [2.05, 4.69) is 72.8 Å². The molecule has 0 saturated heterocycles. The van der Waals surface area contributed by atoms with Crippen LogP contribution in [0.3, 0.4) is 0 Å². The van der Waals surface area contributed by atoms with Crippen molar-refractivity contribution in [1.29, 1.82) is 0 Å². The number of nitrogens with one attached hydrogen (secondary N) is 2. The lowest BCUT2D eigenvalue weighted by atomic mass is 9.86. The molecule has 5 aromatic rings. The molecule has 5 rings (SSSR count). The maximum atomic E-state index is 12.8. The highest BCUT2D eigenvalue weighted by atomic mass is 16.5. The van der Waals surface area contributed by atoms with Gasteiger partial charge in [-0.25, -0.2) is 9.78 Å². The second-order valence-corrected chi connectivity index (χ2v) is 10.7. The Morgan fingerprint density at radius 1 is 0.732 bits per heavy atom. The van der Waals surface area contributed by atoms with Crippen molar-refractivity contribution in [2.24, 2.45) is 0 Å². The van der Waals surface area contributed by atoms with E-state index in [1.54, 1.807) is 30.5 Å². The number of pyridine rings is 1. The summed E-state index contributed by atoms with van der Waals surface area (Å²) in [6.07, 6.45) is 1.63. The minimum Gasteiger partial charge on any atom is -0.489 e. The van der Waals surface area contributed by atoms with Gasteiger partial charge in [0.1, 0.15) is 23.8 Å². The normalized spacial score (nSPS) is 11.0. The van der Waals surface area contributed by atoms with Crippen LogP contribution >= 0.6 is 0 Å². The van der Waals surface area contributed by atoms with Gasteiger partial charge in [-0.2, -0.15) is 0 Å². The maximum Gasteiger partial charge on any atom is 0.323 e. The van der Waals surface area contributed by atoms with Gasteiger partial charge in [-0.05, 0) is 64.6 Å². The van der Waals surface area contributed by atoms with E-state index in [-0.39, 0.29) is 5.41 Å². The summed E-state index contributed by atoms with van der Waals surface area (Å²) < 4.78 is 12.1. The molecule has 0 atom stereocenters. The van der Waals surface area contributed by atoms with Crippen LogP contribution in [0.25, 0.3) is 11.1 Å². The number of hydrogen-bond donors (Lipinski definition) is 2. The van der Waals surface area contributed by atoms with E-state index in [0.717, 1.165) is 11.1 Å². The molecule has 0 fully saturated rings. The fourth-order valence-electron chi connectivity index (χ4n) is 4.36. The highest BCUT2D eigenvalue weighted by Gasteiger charge is 2.20. The third-order valence-corrected chi connectivity index (χ3v) is 6.50. The zero-order chi connectivity index (χ0) is 28.7. The number of amides is 2. The van der Waals surface area contributed by atoms with E-state index >= 15 is 0 Å². The predicted molar refractivity (Wildman–Crippen MR) is 165 cm³/mol. The first-order chi connectivity index (χ1) is 19.8. The molecule has 0 bridgehead atoms. The largest absolute Gasteiger partial charge is 0.489 e. The van der Waals surface area contributed by atoms with Gasteiger partial charge in [0.2, 0.25) is 5.88 Å². The highest BCUT2D eigenvalue weighted by Crippen LogP contribution is 2.35. The number of benzene rings is 4. The standard InChI is InChI=1S/C35H33N3O3/c1-35(2,3)30-12-7-8-14-32(30)41-33-31(13-9-23-36-33)38-34(39)37-28-19-21-29(22-20-28)40-24-25-15-17-27(18-16-25)26-10-5-4-6-11-26/h4-23H,24H2,1-3H3,(H2,37,38,39). The molecular weight excluding hydrogens is 510 g/mol. The molecule has 4 aromatic carbocycles. The molecule has 0 aliphatic carbocycles. The number of carbonyl (C=O) groups excluding carboxylic acids is 1. The molecule has 0 radical (unpaired) electrons. The minimum absolute atomic E-state index is 0.112. The number of anilines is 2. The summed E-state index contributed by atoms with van der Waals surface area (Å²) >= 11 is 0. The predicted octanol–water partition coefficient (Wildman–Crippen LogP) is 9.06. The summed E-state index contributed by atoms with van der Waals surface area (Å²) in [5.74, 6) is 1.73. The van der Waals surface area contributed by atoms with E-state index in [1.807, 2.05) is 54.6 Å². The number of aromatic nitrogens is 1. The van der Waals surface area contributed by atoms with Crippen molar-refractivity contribution in [3.63, 3.8) is 0 Å². The Labute approximate surface area is 241 Å². The summed E-state index contributed by atoms with van der Waals surface area (Å²) in [6.45, 7) is 6.82. The Hall–Kier alpha value is -5.10. The molecule has 0 aliphatic heterocycles. The fraction of sp³-hybridized carbons (Fsp3) is 0.143. The monoisotopic (exact) mass is 543 g/mol. The topological polar surface area (TPSA) is 72.5 Å². The Morgan fingerprint density at radius 3 is 2.15 bits per heavy atom. The van der Waals surface area contributed by atoms with Crippen molar-refractivity contribution in [3.05, 3.63) is 133 Å². The number of urea groups is 1. The molecule has 0 unspecified atom stereocenters. The third-order valence-electron chi connectivity index (χ3n) is 6.50. The summed E-state index contributed by atoms with van der Waals surface area (Å²) in [5.41, 5.74) is 5.46. The summed E-state index contributed by atoms with van der Waals surface area (Å²) in [5, 5.41) is 5.70. The van der Waals surface area contributed by atoms with Crippen LogP contribution in [0.5, 0.6) is 17.4 Å². The second-order valence-electron chi connectivity index (χ2n) is 10.7. The van der Waals surface area contributed by atoms with E-state index in [4.69, 9.17) is 9.47 Å². The van der Waals surface area contributed by atoms with Gasteiger partial charge in [-0.1, -0.05) is 93.6 Å². The number of nitrogens with zero attached hydrogens (tertiary/aromatic N) is 1. The number of hydrogen-bond acceptors (Lipinski definition) is 4. The van der Waals surface area contributed by atoms with Crippen molar-refractivity contribution >= 4 is 17.4 Å². The first-order valence-electron chi connectivity index (χ1n) is 13.5. The van der Waals surface area contributed by atoms with Gasteiger partial charge in [0.25, 0.3) is 0 Å².